The van der Waals surface area contributed by atoms with Crippen molar-refractivity contribution < 1.29 is 4.74 Å². The Morgan fingerprint density at radius 3 is 2.70 bits per heavy atom. The van der Waals surface area contributed by atoms with Gasteiger partial charge in [0, 0.05) is 37.4 Å². The average molecular weight is 270 g/mol. The van der Waals surface area contributed by atoms with Gasteiger partial charge >= 0.3 is 0 Å². The maximum Gasteiger partial charge on any atom is 0.121 e. The molecule has 2 aromatic rings. The summed E-state index contributed by atoms with van der Waals surface area (Å²) in [5.41, 5.74) is 1.11. The summed E-state index contributed by atoms with van der Waals surface area (Å²) >= 11 is 0. The summed E-state index contributed by atoms with van der Waals surface area (Å²) in [5, 5.41) is 1.21. The first-order chi connectivity index (χ1) is 9.83. The van der Waals surface area contributed by atoms with Crippen molar-refractivity contribution in [1.82, 2.24) is 9.88 Å². The van der Waals surface area contributed by atoms with E-state index in [9.17, 15) is 0 Å². The fourth-order valence-corrected chi connectivity index (χ4v) is 2.22. The normalized spacial score (nSPS) is 10.8. The van der Waals surface area contributed by atoms with Crippen LogP contribution in [0.15, 0.2) is 55.8 Å². The number of aromatic amines is 1. The minimum absolute atomic E-state index is 0.719. The molecule has 0 amide bonds. The molecule has 0 aliphatic heterocycles. The van der Waals surface area contributed by atoms with Gasteiger partial charge in [-0.25, -0.2) is 0 Å². The zero-order chi connectivity index (χ0) is 14.2. The highest BCUT2D eigenvalue weighted by molar-refractivity contribution is 5.80. The van der Waals surface area contributed by atoms with Crippen LogP contribution >= 0.6 is 0 Å². The quantitative estimate of drug-likeness (QED) is 0.557. The maximum atomic E-state index is 5.79. The molecule has 1 N–H and O–H groups in total. The monoisotopic (exact) mass is 270 g/mol. The minimum Gasteiger partial charge on any atom is -0.493 e. The third-order valence-corrected chi connectivity index (χ3v) is 3.19. The van der Waals surface area contributed by atoms with Gasteiger partial charge in [-0.3, -0.25) is 4.90 Å². The SMILES string of the molecule is C=CCN(CC=C)CCCOc1ccc2cc[nH]c2c1. The molecule has 20 heavy (non-hydrogen) atoms. The number of ether oxygens (including phenoxy) is 1. The van der Waals surface area contributed by atoms with Crippen LogP contribution in [-0.2, 0) is 0 Å². The molecular formula is C17H22N2O. The Balaban J connectivity index is 1.77. The van der Waals surface area contributed by atoms with E-state index < -0.39 is 0 Å². The van der Waals surface area contributed by atoms with E-state index in [0.29, 0.717) is 0 Å². The van der Waals surface area contributed by atoms with Crippen molar-refractivity contribution in [1.29, 1.82) is 0 Å². The predicted molar refractivity (Wildman–Crippen MR) is 85.2 cm³/mol. The van der Waals surface area contributed by atoms with Crippen LogP contribution in [0.1, 0.15) is 6.42 Å². The average Bonchev–Trinajstić information content (AvgIpc) is 2.91. The molecular weight excluding hydrogens is 248 g/mol. The van der Waals surface area contributed by atoms with E-state index in [1.165, 1.54) is 5.39 Å². The van der Waals surface area contributed by atoms with Crippen LogP contribution in [0, 0.1) is 0 Å². The van der Waals surface area contributed by atoms with Gasteiger partial charge in [-0.15, -0.1) is 13.2 Å². The fourth-order valence-electron chi connectivity index (χ4n) is 2.22. The summed E-state index contributed by atoms with van der Waals surface area (Å²) in [6.07, 6.45) is 6.77. The van der Waals surface area contributed by atoms with Crippen molar-refractivity contribution in [2.24, 2.45) is 0 Å². The summed E-state index contributed by atoms with van der Waals surface area (Å²) in [7, 11) is 0. The molecule has 3 nitrogen and oxygen atoms in total. The van der Waals surface area contributed by atoms with E-state index in [1.807, 2.05) is 30.5 Å². The van der Waals surface area contributed by atoms with E-state index in [4.69, 9.17) is 4.74 Å². The highest BCUT2D eigenvalue weighted by Gasteiger charge is 2.01. The summed E-state index contributed by atoms with van der Waals surface area (Å²) in [5.74, 6) is 0.916. The number of hydrogen-bond donors (Lipinski definition) is 1. The molecule has 0 saturated carbocycles. The van der Waals surface area contributed by atoms with Crippen molar-refractivity contribution in [2.45, 2.75) is 6.42 Å². The van der Waals surface area contributed by atoms with E-state index in [0.717, 1.165) is 43.9 Å². The molecule has 0 unspecified atom stereocenters. The van der Waals surface area contributed by atoms with Crippen molar-refractivity contribution in [3.8, 4) is 5.75 Å². The topological polar surface area (TPSA) is 28.3 Å². The predicted octanol–water partition coefficient (Wildman–Crippen LogP) is 3.61. The van der Waals surface area contributed by atoms with Crippen molar-refractivity contribution in [2.75, 3.05) is 26.2 Å². The second-order valence-corrected chi connectivity index (χ2v) is 4.77. The van der Waals surface area contributed by atoms with Gasteiger partial charge in [-0.05, 0) is 30.0 Å². The number of fused-ring (bicyclic) bond motifs is 1. The minimum atomic E-state index is 0.719. The van der Waals surface area contributed by atoms with Crippen LogP contribution in [0.4, 0.5) is 0 Å². The highest BCUT2D eigenvalue weighted by Crippen LogP contribution is 2.19. The van der Waals surface area contributed by atoms with Crippen molar-refractivity contribution >= 4 is 10.9 Å². The molecule has 0 spiro atoms. The van der Waals surface area contributed by atoms with E-state index in [2.05, 4.69) is 35.2 Å². The molecule has 1 aromatic heterocycles. The van der Waals surface area contributed by atoms with Gasteiger partial charge in [0.15, 0.2) is 0 Å². The third-order valence-electron chi connectivity index (χ3n) is 3.19. The molecule has 3 heteroatoms. The molecule has 0 atom stereocenters. The first-order valence-electron chi connectivity index (χ1n) is 6.97. The van der Waals surface area contributed by atoms with Crippen LogP contribution in [-0.4, -0.2) is 36.1 Å². The number of H-pyrrole nitrogens is 1. The summed E-state index contributed by atoms with van der Waals surface area (Å²) in [6, 6.07) is 8.19. The molecule has 106 valence electrons. The Morgan fingerprint density at radius 1 is 1.15 bits per heavy atom. The Morgan fingerprint density at radius 2 is 1.95 bits per heavy atom. The summed E-state index contributed by atoms with van der Waals surface area (Å²) < 4.78 is 5.79. The Hall–Kier alpha value is -2.00. The summed E-state index contributed by atoms with van der Waals surface area (Å²) in [4.78, 5) is 5.48. The largest absolute Gasteiger partial charge is 0.493 e. The van der Waals surface area contributed by atoms with Gasteiger partial charge in [0.1, 0.15) is 5.75 Å². The molecule has 0 aliphatic carbocycles. The van der Waals surface area contributed by atoms with Crippen molar-refractivity contribution in [3.05, 3.63) is 55.8 Å². The lowest BCUT2D eigenvalue weighted by atomic mass is 10.2. The van der Waals surface area contributed by atoms with Gasteiger partial charge in [0.25, 0.3) is 0 Å². The number of benzene rings is 1. The third kappa shape index (κ3) is 4.00. The van der Waals surface area contributed by atoms with Gasteiger partial charge in [0.05, 0.1) is 6.61 Å². The van der Waals surface area contributed by atoms with Crippen LogP contribution in [0.2, 0.25) is 0 Å². The van der Waals surface area contributed by atoms with Crippen molar-refractivity contribution in [3.63, 3.8) is 0 Å². The molecule has 1 aromatic carbocycles. The van der Waals surface area contributed by atoms with E-state index in [1.54, 1.807) is 0 Å². The van der Waals surface area contributed by atoms with E-state index >= 15 is 0 Å². The second-order valence-electron chi connectivity index (χ2n) is 4.77. The van der Waals surface area contributed by atoms with Gasteiger partial charge in [0.2, 0.25) is 0 Å². The van der Waals surface area contributed by atoms with Crippen LogP contribution in [0.3, 0.4) is 0 Å². The molecule has 2 rings (SSSR count). The van der Waals surface area contributed by atoms with Gasteiger partial charge < -0.3 is 9.72 Å². The first kappa shape index (κ1) is 14.4. The highest BCUT2D eigenvalue weighted by atomic mass is 16.5. The lowest BCUT2D eigenvalue weighted by Crippen LogP contribution is -2.26. The van der Waals surface area contributed by atoms with Gasteiger partial charge in [-0.1, -0.05) is 12.2 Å². The second kappa shape index (κ2) is 7.56. The molecule has 0 saturated heterocycles. The van der Waals surface area contributed by atoms with Crippen LogP contribution in [0.5, 0.6) is 5.75 Å². The lowest BCUT2D eigenvalue weighted by molar-refractivity contribution is 0.262. The zero-order valence-electron chi connectivity index (χ0n) is 11.8. The molecule has 0 bridgehead atoms. The molecule has 1 heterocycles. The van der Waals surface area contributed by atoms with Gasteiger partial charge in [-0.2, -0.15) is 0 Å². The number of hydrogen-bond acceptors (Lipinski definition) is 2. The lowest BCUT2D eigenvalue weighted by Gasteiger charge is -2.18. The number of nitrogens with one attached hydrogen (secondary N) is 1. The Kier molecular flexibility index (Phi) is 5.44. The smallest absolute Gasteiger partial charge is 0.121 e. The first-order valence-corrected chi connectivity index (χ1v) is 6.97. The fraction of sp³-hybridized carbons (Fsp3) is 0.294. The van der Waals surface area contributed by atoms with Crippen LogP contribution < -0.4 is 4.74 Å². The number of aromatic nitrogens is 1. The Labute approximate surface area is 120 Å². The Bertz CT molecular complexity index is 549. The summed E-state index contributed by atoms with van der Waals surface area (Å²) in [6.45, 7) is 11.0. The van der Waals surface area contributed by atoms with E-state index in [-0.39, 0.29) is 0 Å². The molecule has 0 aliphatic rings. The molecule has 0 fully saturated rings. The number of nitrogens with zero attached hydrogens (tertiary/aromatic N) is 1. The molecule has 0 radical (unpaired) electrons. The zero-order valence-corrected chi connectivity index (χ0v) is 11.8. The standard InChI is InChI=1S/C17H22N2O/c1-3-10-19(11-4-2)12-5-13-20-16-7-6-15-8-9-18-17(15)14-16/h3-4,6-9,14,18H,1-2,5,10-13H2. The number of rotatable bonds is 9. The van der Waals surface area contributed by atoms with Crippen LogP contribution in [0.25, 0.3) is 10.9 Å². The maximum absolute atomic E-state index is 5.79.